The van der Waals surface area contributed by atoms with E-state index in [2.05, 4.69) is 104 Å². The maximum absolute atomic E-state index is 6.50. The van der Waals surface area contributed by atoms with Crippen molar-refractivity contribution in [3.05, 3.63) is 59.7 Å². The summed E-state index contributed by atoms with van der Waals surface area (Å²) in [6.07, 6.45) is 4.63. The molecule has 208 valence electrons. The van der Waals surface area contributed by atoms with E-state index in [0.717, 1.165) is 37.2 Å². The first kappa shape index (κ1) is 31.7. The van der Waals surface area contributed by atoms with E-state index in [1.54, 1.807) is 0 Å². The molecule has 0 fully saturated rings. The molecule has 2 aromatic carbocycles. The normalized spacial score (nSPS) is 13.8. The van der Waals surface area contributed by atoms with Crippen LogP contribution in [0.15, 0.2) is 48.5 Å². The van der Waals surface area contributed by atoms with Gasteiger partial charge in [0.2, 0.25) is 16.6 Å². The SMILES string of the molecule is CC[Si](CC)(CC)Oc1ccc(CCC(C)OC(C)CCc2ccc(O[Si](CC)(CC)CC)cc2)cc1. The van der Waals surface area contributed by atoms with E-state index in [1.165, 1.54) is 47.4 Å². The van der Waals surface area contributed by atoms with E-state index in [-0.39, 0.29) is 12.2 Å². The summed E-state index contributed by atoms with van der Waals surface area (Å²) in [5, 5.41) is 0. The Bertz CT molecular complexity index is 784. The first-order valence-corrected chi connectivity index (χ1v) is 20.0. The van der Waals surface area contributed by atoms with Crippen molar-refractivity contribution in [2.75, 3.05) is 0 Å². The van der Waals surface area contributed by atoms with Gasteiger partial charge in [0.15, 0.2) is 0 Å². The van der Waals surface area contributed by atoms with Gasteiger partial charge < -0.3 is 13.6 Å². The molecule has 0 N–H and O–H groups in total. The highest BCUT2D eigenvalue weighted by atomic mass is 28.4. The fraction of sp³-hybridized carbons (Fsp3) is 0.625. The second-order valence-electron chi connectivity index (χ2n) is 10.8. The van der Waals surface area contributed by atoms with Crippen molar-refractivity contribution in [1.29, 1.82) is 0 Å². The van der Waals surface area contributed by atoms with Gasteiger partial charge in [0.1, 0.15) is 11.5 Å². The third kappa shape index (κ3) is 9.92. The first-order valence-electron chi connectivity index (χ1n) is 15.0. The summed E-state index contributed by atoms with van der Waals surface area (Å²) < 4.78 is 19.3. The fourth-order valence-electron chi connectivity index (χ4n) is 5.15. The molecular weight excluding hydrogens is 489 g/mol. The van der Waals surface area contributed by atoms with Crippen molar-refractivity contribution in [2.24, 2.45) is 0 Å². The summed E-state index contributed by atoms with van der Waals surface area (Å²) in [6.45, 7) is 18.1. The van der Waals surface area contributed by atoms with Gasteiger partial charge in [0.25, 0.3) is 0 Å². The maximum atomic E-state index is 6.50. The molecule has 2 rings (SSSR count). The van der Waals surface area contributed by atoms with Crippen molar-refractivity contribution in [1.82, 2.24) is 0 Å². The molecule has 2 atom stereocenters. The molecule has 0 radical (unpaired) electrons. The van der Waals surface area contributed by atoms with Gasteiger partial charge in [-0.1, -0.05) is 65.8 Å². The Labute approximate surface area is 230 Å². The molecule has 0 spiro atoms. The van der Waals surface area contributed by atoms with Crippen molar-refractivity contribution < 1.29 is 13.6 Å². The lowest BCUT2D eigenvalue weighted by atomic mass is 10.1. The van der Waals surface area contributed by atoms with Crippen LogP contribution in [0.1, 0.15) is 79.4 Å². The molecule has 0 heterocycles. The molecule has 0 bridgehead atoms. The molecule has 0 saturated carbocycles. The van der Waals surface area contributed by atoms with Crippen LogP contribution >= 0.6 is 0 Å². The van der Waals surface area contributed by atoms with E-state index in [1.807, 2.05) is 0 Å². The van der Waals surface area contributed by atoms with E-state index in [4.69, 9.17) is 13.6 Å². The molecule has 2 aromatic rings. The molecule has 0 aliphatic rings. The van der Waals surface area contributed by atoms with Crippen molar-refractivity contribution in [3.8, 4) is 11.5 Å². The number of aryl methyl sites for hydroxylation is 2. The predicted molar refractivity (Wildman–Crippen MR) is 165 cm³/mol. The highest BCUT2D eigenvalue weighted by molar-refractivity contribution is 6.74. The number of ether oxygens (including phenoxy) is 1. The Kier molecular flexibility index (Phi) is 13.5. The number of benzene rings is 2. The molecule has 2 unspecified atom stereocenters. The van der Waals surface area contributed by atoms with Crippen LogP contribution < -0.4 is 8.85 Å². The van der Waals surface area contributed by atoms with Crippen molar-refractivity contribution in [3.63, 3.8) is 0 Å². The standard InChI is InChI=1S/C32H54O3Si2/c1-9-36(10-2,11-3)34-31-23-19-29(20-24-31)17-15-27(7)33-28(8)16-18-30-21-25-32(26-22-30)35-37(12-4,13-5)14-6/h19-28H,9-18H2,1-8H3. The molecule has 0 saturated heterocycles. The van der Waals surface area contributed by atoms with E-state index >= 15 is 0 Å². The molecular formula is C32H54O3Si2. The van der Waals surface area contributed by atoms with Gasteiger partial charge in [-0.2, -0.15) is 0 Å². The first-order chi connectivity index (χ1) is 17.8. The number of hydrogen-bond acceptors (Lipinski definition) is 3. The zero-order valence-corrected chi connectivity index (χ0v) is 27.1. The summed E-state index contributed by atoms with van der Waals surface area (Å²) in [6, 6.07) is 24.6. The van der Waals surface area contributed by atoms with Crippen LogP contribution in [0, 0.1) is 0 Å². The summed E-state index contributed by atoms with van der Waals surface area (Å²) in [4.78, 5) is 0. The minimum Gasteiger partial charge on any atom is -0.544 e. The Morgan fingerprint density at radius 1 is 0.514 bits per heavy atom. The molecule has 0 aliphatic heterocycles. The highest BCUT2D eigenvalue weighted by Crippen LogP contribution is 2.27. The van der Waals surface area contributed by atoms with Crippen LogP contribution in [0.5, 0.6) is 11.5 Å². The fourth-order valence-corrected chi connectivity index (χ4v) is 10.3. The number of rotatable bonds is 18. The van der Waals surface area contributed by atoms with Crippen LogP contribution in [0.4, 0.5) is 0 Å². The summed E-state index contributed by atoms with van der Waals surface area (Å²) in [5.74, 6) is 2.09. The van der Waals surface area contributed by atoms with E-state index in [9.17, 15) is 0 Å². The topological polar surface area (TPSA) is 27.7 Å². The van der Waals surface area contributed by atoms with Gasteiger partial charge in [0.05, 0.1) is 12.2 Å². The summed E-state index contributed by atoms with van der Waals surface area (Å²) in [5.41, 5.74) is 2.71. The minimum absolute atomic E-state index is 0.247. The maximum Gasteiger partial charge on any atom is 0.250 e. The minimum atomic E-state index is -1.61. The average molecular weight is 543 g/mol. The molecule has 5 heteroatoms. The Morgan fingerprint density at radius 3 is 1.08 bits per heavy atom. The lowest BCUT2D eigenvalue weighted by Crippen LogP contribution is -2.39. The Balaban J connectivity index is 1.75. The average Bonchev–Trinajstić information content (AvgIpc) is 2.94. The second-order valence-corrected chi connectivity index (χ2v) is 20.2. The summed E-state index contributed by atoms with van der Waals surface area (Å²) in [7, 11) is -3.21. The van der Waals surface area contributed by atoms with E-state index < -0.39 is 16.6 Å². The van der Waals surface area contributed by atoms with Crippen LogP contribution in [-0.2, 0) is 17.6 Å². The van der Waals surface area contributed by atoms with Gasteiger partial charge in [-0.3, -0.25) is 0 Å². The largest absolute Gasteiger partial charge is 0.544 e. The second kappa shape index (κ2) is 15.8. The van der Waals surface area contributed by atoms with Gasteiger partial charge in [-0.05, 0) is 111 Å². The predicted octanol–water partition coefficient (Wildman–Crippen LogP) is 9.81. The van der Waals surface area contributed by atoms with Crippen molar-refractivity contribution >= 4 is 16.6 Å². The van der Waals surface area contributed by atoms with E-state index in [0.29, 0.717) is 0 Å². The Morgan fingerprint density at radius 2 is 0.811 bits per heavy atom. The van der Waals surface area contributed by atoms with Crippen LogP contribution in [0.3, 0.4) is 0 Å². The quantitative estimate of drug-likeness (QED) is 0.175. The van der Waals surface area contributed by atoms with Crippen LogP contribution in [0.2, 0.25) is 36.3 Å². The zero-order chi connectivity index (χ0) is 27.3. The molecule has 0 amide bonds. The lowest BCUT2D eigenvalue weighted by Gasteiger charge is -2.29. The van der Waals surface area contributed by atoms with Gasteiger partial charge in [0, 0.05) is 0 Å². The third-order valence-corrected chi connectivity index (χ3v) is 17.6. The smallest absolute Gasteiger partial charge is 0.250 e. The zero-order valence-electron chi connectivity index (χ0n) is 25.1. The van der Waals surface area contributed by atoms with Gasteiger partial charge in [-0.15, -0.1) is 0 Å². The van der Waals surface area contributed by atoms with Gasteiger partial charge in [-0.25, -0.2) is 0 Å². The molecule has 0 aromatic heterocycles. The monoisotopic (exact) mass is 542 g/mol. The highest BCUT2D eigenvalue weighted by Gasteiger charge is 2.31. The summed E-state index contributed by atoms with van der Waals surface area (Å²) >= 11 is 0. The molecule has 3 nitrogen and oxygen atoms in total. The third-order valence-electron chi connectivity index (χ3n) is 8.53. The van der Waals surface area contributed by atoms with Gasteiger partial charge >= 0.3 is 0 Å². The molecule has 0 aliphatic carbocycles. The van der Waals surface area contributed by atoms with Crippen LogP contribution in [-0.4, -0.2) is 28.8 Å². The number of hydrogen-bond donors (Lipinski definition) is 0. The van der Waals surface area contributed by atoms with Crippen molar-refractivity contribution in [2.45, 2.75) is 130 Å². The lowest BCUT2D eigenvalue weighted by molar-refractivity contribution is 0.000479. The Hall–Kier alpha value is -1.57. The van der Waals surface area contributed by atoms with Crippen LogP contribution in [0.25, 0.3) is 0 Å². The molecule has 37 heavy (non-hydrogen) atoms.